The third kappa shape index (κ3) is 50.3. The molecule has 12 saturated heterocycles. The van der Waals surface area contributed by atoms with Crippen LogP contribution in [0.2, 0.25) is 0 Å². The van der Waals surface area contributed by atoms with Crippen molar-refractivity contribution in [2.24, 2.45) is 23.7 Å². The maximum atomic E-state index is 3.38. The molecule has 0 aromatic carbocycles. The molecular formula is C60H136N16. The summed E-state index contributed by atoms with van der Waals surface area (Å²) >= 11 is 0. The first-order chi connectivity index (χ1) is 36.7. The lowest BCUT2D eigenvalue weighted by atomic mass is 10.0. The lowest BCUT2D eigenvalue weighted by Crippen LogP contribution is -2.30. The fourth-order valence-corrected chi connectivity index (χ4v) is 9.93. The van der Waals surface area contributed by atoms with Crippen molar-refractivity contribution in [2.75, 3.05) is 159 Å². The van der Waals surface area contributed by atoms with Crippen molar-refractivity contribution in [1.82, 2.24) is 84.3 Å². The van der Waals surface area contributed by atoms with Gasteiger partial charge in [-0.25, -0.2) is 5.01 Å². The summed E-state index contributed by atoms with van der Waals surface area (Å²) in [7, 11) is 6.37. The minimum Gasteiger partial charge on any atom is -0.317 e. The third-order valence-corrected chi connectivity index (χ3v) is 15.7. The van der Waals surface area contributed by atoms with Gasteiger partial charge in [-0.05, 0) is 260 Å². The third-order valence-electron chi connectivity index (χ3n) is 15.7. The monoisotopic (exact) mass is 1080 g/mol. The van der Waals surface area contributed by atoms with Gasteiger partial charge in [-0.1, -0.05) is 40.5 Å². The Bertz CT molecular complexity index is 889. The van der Waals surface area contributed by atoms with E-state index in [0.717, 1.165) is 81.2 Å². The molecule has 12 heterocycles. The lowest BCUT2D eigenvalue weighted by Gasteiger charge is -2.20. The molecule has 0 bridgehead atoms. The minimum atomic E-state index is 0.546. The first kappa shape index (κ1) is 73.4. The molecule has 0 amide bonds. The molecule has 456 valence electrons. The highest BCUT2D eigenvalue weighted by Crippen LogP contribution is 2.09. The van der Waals surface area contributed by atoms with Gasteiger partial charge in [-0.2, -0.15) is 0 Å². The molecule has 12 aliphatic heterocycles. The van der Waals surface area contributed by atoms with E-state index in [9.17, 15) is 0 Å². The molecule has 12 aliphatic rings. The summed E-state index contributed by atoms with van der Waals surface area (Å²) in [6, 6.07) is 3.06. The van der Waals surface area contributed by atoms with Crippen LogP contribution in [0, 0.1) is 23.7 Å². The average molecular weight is 1080 g/mol. The fraction of sp³-hybridized carbons (Fsp3) is 1.00. The second kappa shape index (κ2) is 52.4. The second-order valence-electron chi connectivity index (χ2n) is 24.6. The normalized spacial score (nSPS) is 30.4. The Balaban J connectivity index is 0.000000415. The van der Waals surface area contributed by atoms with Crippen LogP contribution < -0.4 is 69.4 Å². The summed E-state index contributed by atoms with van der Waals surface area (Å²) in [5.41, 5.74) is 9.24. The number of likely N-dealkylation sites (tertiary alicyclic amines) is 1. The van der Waals surface area contributed by atoms with Crippen molar-refractivity contribution in [1.29, 1.82) is 0 Å². The molecule has 7 unspecified atom stereocenters. The predicted octanol–water partition coefficient (Wildman–Crippen LogP) is 5.71. The molecule has 16 heteroatoms. The summed E-state index contributed by atoms with van der Waals surface area (Å²) in [5.74, 6) is 3.77. The van der Waals surface area contributed by atoms with Crippen LogP contribution in [-0.2, 0) is 0 Å². The van der Waals surface area contributed by atoms with Gasteiger partial charge in [0.1, 0.15) is 0 Å². The Morgan fingerprint density at radius 1 is 0.303 bits per heavy atom. The molecule has 0 aromatic rings. The Kier molecular flexibility index (Phi) is 50.6. The number of rotatable bonds is 0. The maximum absolute atomic E-state index is 3.38. The van der Waals surface area contributed by atoms with Crippen molar-refractivity contribution < 1.29 is 0 Å². The van der Waals surface area contributed by atoms with Gasteiger partial charge in [0.05, 0.1) is 6.17 Å². The molecule has 0 radical (unpaired) electrons. The van der Waals surface area contributed by atoms with E-state index in [4.69, 9.17) is 0 Å². The van der Waals surface area contributed by atoms with Crippen molar-refractivity contribution in [3.05, 3.63) is 0 Å². The average Bonchev–Trinajstić information content (AvgIpc) is 4.26. The Morgan fingerprint density at radius 3 is 0.987 bits per heavy atom. The van der Waals surface area contributed by atoms with E-state index in [1.807, 2.05) is 0 Å². The van der Waals surface area contributed by atoms with Crippen LogP contribution in [0.4, 0.5) is 0 Å². The van der Waals surface area contributed by atoms with Crippen molar-refractivity contribution >= 4 is 0 Å². The topological polar surface area (TPSA) is 166 Å². The summed E-state index contributed by atoms with van der Waals surface area (Å²) in [6.45, 7) is 45.6. The van der Waals surface area contributed by atoms with E-state index in [2.05, 4.69) is 168 Å². The number of nitrogens with zero attached hydrogens (tertiary/aromatic N) is 3. The summed E-state index contributed by atoms with van der Waals surface area (Å²) in [6.07, 6.45) is 25.4. The summed E-state index contributed by atoms with van der Waals surface area (Å²) in [4.78, 5) is 4.64. The Hall–Kier alpha value is -0.640. The van der Waals surface area contributed by atoms with E-state index in [1.54, 1.807) is 0 Å². The number of hydrazine groups is 2. The molecule has 12 fully saturated rings. The van der Waals surface area contributed by atoms with Gasteiger partial charge < -0.3 is 58.1 Å². The molecule has 0 spiro atoms. The number of hydrogen-bond acceptors (Lipinski definition) is 16. The molecule has 13 N–H and O–H groups in total. The van der Waals surface area contributed by atoms with Gasteiger partial charge in [0.15, 0.2) is 0 Å². The van der Waals surface area contributed by atoms with Crippen molar-refractivity contribution in [3.63, 3.8) is 0 Å². The molecule has 0 aliphatic carbocycles. The van der Waals surface area contributed by atoms with E-state index in [1.165, 1.54) is 214 Å². The first-order valence-electron chi connectivity index (χ1n) is 32.2. The van der Waals surface area contributed by atoms with Gasteiger partial charge in [0, 0.05) is 83.7 Å². The van der Waals surface area contributed by atoms with Gasteiger partial charge >= 0.3 is 0 Å². The van der Waals surface area contributed by atoms with Gasteiger partial charge in [-0.3, -0.25) is 21.2 Å². The fourth-order valence-electron chi connectivity index (χ4n) is 9.93. The molecule has 0 saturated carbocycles. The van der Waals surface area contributed by atoms with Gasteiger partial charge in [-0.15, -0.1) is 0 Å². The molecule has 16 nitrogen and oxygen atoms in total. The molecular weight excluding hydrogens is 945 g/mol. The number of likely N-dealkylation sites (N-methyl/N-ethyl adjacent to an activating group) is 1. The highest BCUT2D eigenvalue weighted by molar-refractivity contribution is 4.71. The predicted molar refractivity (Wildman–Crippen MR) is 333 cm³/mol. The number of nitrogens with one attached hydrogen (secondary N) is 13. The molecule has 76 heavy (non-hydrogen) atoms. The SMILES string of the molecule is CC1CCCCN1.CC1CCCN1.CC1CCCN1.CC1CCCNC1.CC1CCNC1.CC1CCNC1.CC1CCNCC1.CC1CCNN1.CC1NCCN1.CN1CCCCC1.CN1CCCN1.CN1CCNC1. The quantitative estimate of drug-likeness (QED) is 0.143. The van der Waals surface area contributed by atoms with Crippen LogP contribution in [0.3, 0.4) is 0 Å². The number of hydrogen-bond donors (Lipinski definition) is 13. The largest absolute Gasteiger partial charge is 0.317 e. The van der Waals surface area contributed by atoms with Gasteiger partial charge in [0.25, 0.3) is 0 Å². The van der Waals surface area contributed by atoms with E-state index in [-0.39, 0.29) is 0 Å². The maximum Gasteiger partial charge on any atom is 0.0543 e. The van der Waals surface area contributed by atoms with Crippen LogP contribution in [0.15, 0.2) is 0 Å². The van der Waals surface area contributed by atoms with Crippen LogP contribution >= 0.6 is 0 Å². The van der Waals surface area contributed by atoms with E-state index < -0.39 is 0 Å². The lowest BCUT2D eigenvalue weighted by molar-refractivity contribution is 0.277. The van der Waals surface area contributed by atoms with Gasteiger partial charge in [0.2, 0.25) is 0 Å². The zero-order valence-corrected chi connectivity index (χ0v) is 52.6. The standard InChI is InChI=1S/4C6H13N.4C5H11N.4C4H10N2/c1-6-2-4-7-5-3-6;1-6-3-2-4-7-5-6;1-7-5-3-2-4-6-7;1-6-4-2-3-5-7-6;2*1-5-2-3-6-4-5;2*1-5-3-2-4-6-5;1-6-3-2-5-4-6;1-6-4-2-3-5-6;1-4-5-2-3-6-4;1-4-2-3-5-6-4/h2*6-7H,2-5H2,1H3;2-6H2,1H3;6-7H,2-5H2,1H3;4*5-6H,2-4H2,1H3;2*5H,2-4H2,1H3;2*4-6H,2-3H2,1H3. The Labute approximate surface area is 473 Å². The highest BCUT2D eigenvalue weighted by Gasteiger charge is 2.11. The first-order valence-corrected chi connectivity index (χ1v) is 32.2. The van der Waals surface area contributed by atoms with Crippen molar-refractivity contribution in [2.45, 2.75) is 208 Å². The van der Waals surface area contributed by atoms with Crippen LogP contribution in [0.1, 0.15) is 178 Å². The number of piperidine rings is 4. The molecule has 0 aromatic heterocycles. The van der Waals surface area contributed by atoms with Crippen molar-refractivity contribution in [3.8, 4) is 0 Å². The highest BCUT2D eigenvalue weighted by atomic mass is 15.5. The Morgan fingerprint density at radius 2 is 0.803 bits per heavy atom. The van der Waals surface area contributed by atoms with E-state index >= 15 is 0 Å². The van der Waals surface area contributed by atoms with E-state index in [0.29, 0.717) is 12.2 Å². The second-order valence-corrected chi connectivity index (χ2v) is 24.6. The van der Waals surface area contributed by atoms with Crippen LogP contribution in [0.25, 0.3) is 0 Å². The smallest absolute Gasteiger partial charge is 0.0543 e. The summed E-state index contributed by atoms with van der Waals surface area (Å²) in [5, 5.41) is 34.9. The molecule has 12 rings (SSSR count). The zero-order valence-electron chi connectivity index (χ0n) is 52.6. The summed E-state index contributed by atoms with van der Waals surface area (Å²) < 4.78 is 0. The molecule has 7 atom stereocenters. The van der Waals surface area contributed by atoms with Crippen LogP contribution in [0.5, 0.6) is 0 Å². The zero-order chi connectivity index (χ0) is 55.7. The van der Waals surface area contributed by atoms with Crippen LogP contribution in [-0.4, -0.2) is 204 Å². The minimum absolute atomic E-state index is 0.546.